The molecular formula is C15H23FN2O. The van der Waals surface area contributed by atoms with E-state index in [1.165, 1.54) is 43.9 Å². The van der Waals surface area contributed by atoms with E-state index in [0.29, 0.717) is 6.54 Å². The van der Waals surface area contributed by atoms with Crippen molar-refractivity contribution in [3.8, 4) is 0 Å². The van der Waals surface area contributed by atoms with Crippen LogP contribution < -0.4 is 11.1 Å². The Morgan fingerprint density at radius 3 is 2.53 bits per heavy atom. The average molecular weight is 266 g/mol. The monoisotopic (exact) mass is 266 g/mol. The van der Waals surface area contributed by atoms with Crippen LogP contribution in [0.15, 0.2) is 18.2 Å². The molecule has 0 saturated heterocycles. The van der Waals surface area contributed by atoms with Gasteiger partial charge in [-0.25, -0.2) is 4.39 Å². The molecule has 4 heteroatoms. The van der Waals surface area contributed by atoms with Gasteiger partial charge in [-0.3, -0.25) is 4.79 Å². The molecule has 0 fully saturated rings. The molecule has 0 saturated carbocycles. The number of amides is 1. The van der Waals surface area contributed by atoms with Gasteiger partial charge in [-0.1, -0.05) is 39.0 Å². The average Bonchev–Trinajstić information content (AvgIpc) is 2.36. The number of hydrogen-bond acceptors (Lipinski definition) is 2. The first kappa shape index (κ1) is 15.5. The topological polar surface area (TPSA) is 55.1 Å². The summed E-state index contributed by atoms with van der Waals surface area (Å²) in [7, 11) is 0. The number of anilines is 1. The lowest BCUT2D eigenvalue weighted by atomic mass is 10.1. The van der Waals surface area contributed by atoms with Crippen LogP contribution in [0, 0.1) is 5.82 Å². The second-order valence-corrected chi connectivity index (χ2v) is 4.80. The standard InChI is InChI=1S/C15H23FN2O/c1-2-3-4-5-6-7-8-18-15(19)12-9-13(16)11-14(17)10-12/h9-11H,2-8,17H2,1H3,(H,18,19). The summed E-state index contributed by atoms with van der Waals surface area (Å²) in [5.74, 6) is -0.746. The summed E-state index contributed by atoms with van der Waals surface area (Å²) in [6.07, 6.45) is 7.04. The molecule has 0 spiro atoms. The fraction of sp³-hybridized carbons (Fsp3) is 0.533. The summed E-state index contributed by atoms with van der Waals surface area (Å²) in [5.41, 5.74) is 6.05. The van der Waals surface area contributed by atoms with E-state index >= 15 is 0 Å². The molecular weight excluding hydrogens is 243 g/mol. The highest BCUT2D eigenvalue weighted by molar-refractivity contribution is 5.95. The quantitative estimate of drug-likeness (QED) is 0.559. The first-order chi connectivity index (χ1) is 9.13. The Hall–Kier alpha value is -1.58. The van der Waals surface area contributed by atoms with Gasteiger partial charge in [-0.05, 0) is 24.6 Å². The molecule has 0 heterocycles. The zero-order valence-electron chi connectivity index (χ0n) is 11.5. The van der Waals surface area contributed by atoms with Crippen molar-refractivity contribution in [2.45, 2.75) is 45.4 Å². The molecule has 3 nitrogen and oxygen atoms in total. The van der Waals surface area contributed by atoms with Crippen LogP contribution in [-0.2, 0) is 0 Å². The molecule has 1 aromatic rings. The number of hydrogen-bond donors (Lipinski definition) is 2. The number of nitrogen functional groups attached to an aromatic ring is 1. The van der Waals surface area contributed by atoms with Crippen molar-refractivity contribution in [3.05, 3.63) is 29.6 Å². The van der Waals surface area contributed by atoms with E-state index in [1.807, 2.05) is 0 Å². The number of nitrogens with two attached hydrogens (primary N) is 1. The van der Waals surface area contributed by atoms with Crippen molar-refractivity contribution in [2.75, 3.05) is 12.3 Å². The Kier molecular flexibility index (Phi) is 6.93. The highest BCUT2D eigenvalue weighted by Gasteiger charge is 2.07. The van der Waals surface area contributed by atoms with Crippen LogP contribution in [0.25, 0.3) is 0 Å². The fourth-order valence-electron chi connectivity index (χ4n) is 1.95. The maximum Gasteiger partial charge on any atom is 0.251 e. The number of unbranched alkanes of at least 4 members (excludes halogenated alkanes) is 5. The Morgan fingerprint density at radius 2 is 1.84 bits per heavy atom. The highest BCUT2D eigenvalue weighted by atomic mass is 19.1. The van der Waals surface area contributed by atoms with Crippen LogP contribution in [0.2, 0.25) is 0 Å². The number of carbonyl (C=O) groups is 1. The predicted octanol–water partition coefficient (Wildman–Crippen LogP) is 3.50. The first-order valence-electron chi connectivity index (χ1n) is 6.97. The number of nitrogens with one attached hydrogen (secondary N) is 1. The molecule has 1 amide bonds. The molecule has 1 aromatic carbocycles. The van der Waals surface area contributed by atoms with E-state index in [-0.39, 0.29) is 17.2 Å². The maximum atomic E-state index is 13.1. The fourth-order valence-corrected chi connectivity index (χ4v) is 1.95. The molecule has 0 aromatic heterocycles. The van der Waals surface area contributed by atoms with Gasteiger partial charge in [0.1, 0.15) is 5.82 Å². The minimum Gasteiger partial charge on any atom is -0.399 e. The Balaban J connectivity index is 2.24. The number of benzene rings is 1. The summed E-state index contributed by atoms with van der Waals surface area (Å²) in [6, 6.07) is 3.89. The van der Waals surface area contributed by atoms with Crippen LogP contribution >= 0.6 is 0 Å². The summed E-state index contributed by atoms with van der Waals surface area (Å²) in [5, 5.41) is 2.78. The zero-order chi connectivity index (χ0) is 14.1. The Bertz CT molecular complexity index is 387. The second-order valence-electron chi connectivity index (χ2n) is 4.80. The van der Waals surface area contributed by atoms with E-state index < -0.39 is 5.82 Å². The van der Waals surface area contributed by atoms with Crippen LogP contribution in [0.3, 0.4) is 0 Å². The summed E-state index contributed by atoms with van der Waals surface area (Å²) in [4.78, 5) is 11.8. The largest absolute Gasteiger partial charge is 0.399 e. The molecule has 19 heavy (non-hydrogen) atoms. The Morgan fingerprint density at radius 1 is 1.16 bits per heavy atom. The van der Waals surface area contributed by atoms with Gasteiger partial charge in [0.15, 0.2) is 0 Å². The molecule has 0 radical (unpaired) electrons. The van der Waals surface area contributed by atoms with E-state index in [1.54, 1.807) is 0 Å². The molecule has 0 aliphatic heterocycles. The van der Waals surface area contributed by atoms with E-state index in [9.17, 15) is 9.18 Å². The number of rotatable bonds is 8. The molecule has 0 atom stereocenters. The molecule has 1 rings (SSSR count). The van der Waals surface area contributed by atoms with Gasteiger partial charge in [0.05, 0.1) is 0 Å². The number of halogens is 1. The SMILES string of the molecule is CCCCCCCCNC(=O)c1cc(N)cc(F)c1. The van der Waals surface area contributed by atoms with Gasteiger partial charge in [-0.2, -0.15) is 0 Å². The van der Waals surface area contributed by atoms with Gasteiger partial charge < -0.3 is 11.1 Å². The third-order valence-corrected chi connectivity index (χ3v) is 3.00. The van der Waals surface area contributed by atoms with E-state index in [4.69, 9.17) is 5.73 Å². The van der Waals surface area contributed by atoms with Gasteiger partial charge in [0.25, 0.3) is 5.91 Å². The van der Waals surface area contributed by atoms with Crippen molar-refractivity contribution in [1.82, 2.24) is 5.32 Å². The number of carbonyl (C=O) groups excluding carboxylic acids is 1. The van der Waals surface area contributed by atoms with Crippen molar-refractivity contribution in [2.24, 2.45) is 0 Å². The summed E-state index contributed by atoms with van der Waals surface area (Å²) >= 11 is 0. The lowest BCUT2D eigenvalue weighted by Crippen LogP contribution is -2.24. The lowest BCUT2D eigenvalue weighted by molar-refractivity contribution is 0.0952. The molecule has 0 bridgehead atoms. The van der Waals surface area contributed by atoms with Crippen molar-refractivity contribution < 1.29 is 9.18 Å². The van der Waals surface area contributed by atoms with Crippen LogP contribution in [-0.4, -0.2) is 12.5 Å². The van der Waals surface area contributed by atoms with Crippen LogP contribution in [0.4, 0.5) is 10.1 Å². The smallest absolute Gasteiger partial charge is 0.251 e. The van der Waals surface area contributed by atoms with Crippen molar-refractivity contribution >= 4 is 11.6 Å². The first-order valence-corrected chi connectivity index (χ1v) is 6.97. The minimum atomic E-state index is -0.482. The van der Waals surface area contributed by atoms with Crippen molar-refractivity contribution in [3.63, 3.8) is 0 Å². The predicted molar refractivity (Wildman–Crippen MR) is 76.5 cm³/mol. The summed E-state index contributed by atoms with van der Waals surface area (Å²) in [6.45, 7) is 2.81. The zero-order valence-corrected chi connectivity index (χ0v) is 11.5. The van der Waals surface area contributed by atoms with Gasteiger partial charge >= 0.3 is 0 Å². The normalized spacial score (nSPS) is 10.4. The van der Waals surface area contributed by atoms with Crippen LogP contribution in [0.5, 0.6) is 0 Å². The second kappa shape index (κ2) is 8.51. The molecule has 0 aliphatic rings. The minimum absolute atomic E-state index is 0.264. The van der Waals surface area contributed by atoms with Crippen LogP contribution in [0.1, 0.15) is 55.8 Å². The van der Waals surface area contributed by atoms with E-state index in [0.717, 1.165) is 12.8 Å². The lowest BCUT2D eigenvalue weighted by Gasteiger charge is -2.06. The molecule has 0 aliphatic carbocycles. The molecule has 0 unspecified atom stereocenters. The third kappa shape index (κ3) is 6.22. The maximum absolute atomic E-state index is 13.1. The van der Waals surface area contributed by atoms with Gasteiger partial charge in [-0.15, -0.1) is 0 Å². The third-order valence-electron chi connectivity index (χ3n) is 3.00. The van der Waals surface area contributed by atoms with Gasteiger partial charge in [0, 0.05) is 17.8 Å². The molecule has 3 N–H and O–H groups in total. The summed E-state index contributed by atoms with van der Waals surface area (Å²) < 4.78 is 13.1. The van der Waals surface area contributed by atoms with Crippen molar-refractivity contribution in [1.29, 1.82) is 0 Å². The highest BCUT2D eigenvalue weighted by Crippen LogP contribution is 2.10. The molecule has 106 valence electrons. The van der Waals surface area contributed by atoms with Gasteiger partial charge in [0.2, 0.25) is 0 Å². The van der Waals surface area contributed by atoms with E-state index in [2.05, 4.69) is 12.2 Å². The Labute approximate surface area is 114 Å².